The molecule has 0 radical (unpaired) electrons. The van der Waals surface area contributed by atoms with Gasteiger partial charge in [-0.05, 0) is 24.0 Å². The second kappa shape index (κ2) is 6.55. The molecule has 1 atom stereocenters. The minimum Gasteiger partial charge on any atom is -0.468 e. The topological polar surface area (TPSA) is 89.9 Å². The normalized spacial score (nSPS) is 18.9. The molecule has 1 heterocycles. The van der Waals surface area contributed by atoms with Crippen molar-refractivity contribution in [2.24, 2.45) is 21.7 Å². The lowest BCUT2D eigenvalue weighted by Crippen LogP contribution is -2.24. The molecule has 9 heteroatoms. The van der Waals surface area contributed by atoms with E-state index >= 15 is 0 Å². The van der Waals surface area contributed by atoms with Crippen molar-refractivity contribution in [3.8, 4) is 0 Å². The number of halogens is 4. The summed E-state index contributed by atoms with van der Waals surface area (Å²) in [5, 5.41) is 7.40. The number of alkyl halides is 3. The van der Waals surface area contributed by atoms with Gasteiger partial charge in [0, 0.05) is 10.9 Å². The fourth-order valence-electron chi connectivity index (χ4n) is 2.94. The van der Waals surface area contributed by atoms with Crippen molar-refractivity contribution < 1.29 is 17.6 Å². The minimum atomic E-state index is -4.55. The fraction of sp³-hybridized carbons (Fsp3) is 0.250. The Bertz CT molecular complexity index is 853. The lowest BCUT2D eigenvalue weighted by atomic mass is 9.81. The first kappa shape index (κ1) is 17.5. The van der Waals surface area contributed by atoms with Gasteiger partial charge in [-0.25, -0.2) is 0 Å². The third-order valence-electron chi connectivity index (χ3n) is 3.96. The number of furan rings is 1. The SMILES string of the molecule is NC(N)=N/N=C1\CC(c2ccccc2Br)Cc2occ(C(F)(F)F)c21. The Balaban J connectivity index is 2.10. The number of guanidine groups is 1. The predicted octanol–water partition coefficient (Wildman–Crippen LogP) is 3.77. The quantitative estimate of drug-likeness (QED) is 0.445. The first-order valence-corrected chi connectivity index (χ1v) is 8.14. The van der Waals surface area contributed by atoms with E-state index in [9.17, 15) is 13.2 Å². The molecule has 0 spiro atoms. The summed E-state index contributed by atoms with van der Waals surface area (Å²) < 4.78 is 45.9. The largest absolute Gasteiger partial charge is 0.468 e. The van der Waals surface area contributed by atoms with Crippen LogP contribution >= 0.6 is 15.9 Å². The highest BCUT2D eigenvalue weighted by atomic mass is 79.9. The first-order valence-electron chi connectivity index (χ1n) is 7.35. The molecule has 0 saturated carbocycles. The van der Waals surface area contributed by atoms with Crippen LogP contribution in [0.3, 0.4) is 0 Å². The highest BCUT2D eigenvalue weighted by molar-refractivity contribution is 9.10. The predicted molar refractivity (Wildman–Crippen MR) is 91.3 cm³/mol. The standard InChI is InChI=1S/C16H14BrF3N4O/c17-11-4-2-1-3-9(11)8-5-12(23-24-15(21)22)14-10(16(18,19)20)7-25-13(14)6-8/h1-4,7-8H,5-6H2,(H4,21,22,24)/b23-12+. The van der Waals surface area contributed by atoms with Crippen LogP contribution in [-0.4, -0.2) is 11.7 Å². The minimum absolute atomic E-state index is 0.0687. The molecule has 0 fully saturated rings. The van der Waals surface area contributed by atoms with Gasteiger partial charge in [0.1, 0.15) is 17.6 Å². The van der Waals surface area contributed by atoms with Gasteiger partial charge in [0.05, 0.1) is 11.3 Å². The molecule has 0 bridgehead atoms. The molecule has 5 nitrogen and oxygen atoms in total. The zero-order chi connectivity index (χ0) is 18.2. The third-order valence-corrected chi connectivity index (χ3v) is 4.69. The van der Waals surface area contributed by atoms with Gasteiger partial charge in [0.15, 0.2) is 0 Å². The van der Waals surface area contributed by atoms with Crippen LogP contribution in [0.1, 0.15) is 34.8 Å². The Morgan fingerprint density at radius 3 is 2.56 bits per heavy atom. The number of benzene rings is 1. The van der Waals surface area contributed by atoms with Gasteiger partial charge in [-0.15, -0.1) is 5.10 Å². The van der Waals surface area contributed by atoms with Gasteiger partial charge in [-0.3, -0.25) is 0 Å². The van der Waals surface area contributed by atoms with Crippen molar-refractivity contribution in [3.63, 3.8) is 0 Å². The molecule has 1 aromatic carbocycles. The summed E-state index contributed by atoms with van der Waals surface area (Å²) in [6.45, 7) is 0. The highest BCUT2D eigenvalue weighted by Crippen LogP contribution is 2.42. The van der Waals surface area contributed by atoms with Crippen LogP contribution in [0.15, 0.2) is 49.6 Å². The van der Waals surface area contributed by atoms with Crippen molar-refractivity contribution in [1.29, 1.82) is 0 Å². The Kier molecular flexibility index (Phi) is 4.59. The lowest BCUT2D eigenvalue weighted by molar-refractivity contribution is -0.138. The summed E-state index contributed by atoms with van der Waals surface area (Å²) in [5.41, 5.74) is 10.7. The summed E-state index contributed by atoms with van der Waals surface area (Å²) in [6, 6.07) is 7.52. The summed E-state index contributed by atoms with van der Waals surface area (Å²) in [5.74, 6) is -0.207. The molecular formula is C16H14BrF3N4O. The second-order valence-electron chi connectivity index (χ2n) is 5.64. The van der Waals surface area contributed by atoms with E-state index in [-0.39, 0.29) is 35.3 Å². The highest BCUT2D eigenvalue weighted by Gasteiger charge is 2.41. The fourth-order valence-corrected chi connectivity index (χ4v) is 3.55. The zero-order valence-corrected chi connectivity index (χ0v) is 14.4. The molecule has 1 unspecified atom stereocenters. The van der Waals surface area contributed by atoms with E-state index in [0.717, 1.165) is 16.3 Å². The van der Waals surface area contributed by atoms with Crippen LogP contribution in [0.4, 0.5) is 13.2 Å². The Hall–Kier alpha value is -2.29. The van der Waals surface area contributed by atoms with Crippen LogP contribution in [0, 0.1) is 0 Å². The molecule has 132 valence electrons. The van der Waals surface area contributed by atoms with Gasteiger partial charge < -0.3 is 15.9 Å². The molecular weight excluding hydrogens is 401 g/mol. The van der Waals surface area contributed by atoms with E-state index in [4.69, 9.17) is 15.9 Å². The smallest absolute Gasteiger partial charge is 0.420 e. The Labute approximate surface area is 149 Å². The zero-order valence-electron chi connectivity index (χ0n) is 12.8. The number of nitrogens with two attached hydrogens (primary N) is 2. The number of hydrogen-bond donors (Lipinski definition) is 2. The van der Waals surface area contributed by atoms with E-state index in [1.807, 2.05) is 24.3 Å². The summed E-state index contributed by atoms with van der Waals surface area (Å²) in [4.78, 5) is 0. The van der Waals surface area contributed by atoms with Gasteiger partial charge >= 0.3 is 6.18 Å². The van der Waals surface area contributed by atoms with Crippen molar-refractivity contribution in [2.75, 3.05) is 0 Å². The number of rotatable bonds is 2. The monoisotopic (exact) mass is 414 g/mol. The number of hydrogen-bond acceptors (Lipinski definition) is 3. The summed E-state index contributed by atoms with van der Waals surface area (Å²) in [6.07, 6.45) is -3.24. The maximum absolute atomic E-state index is 13.3. The van der Waals surface area contributed by atoms with Crippen molar-refractivity contribution in [1.82, 2.24) is 0 Å². The average molecular weight is 415 g/mol. The molecule has 1 aromatic heterocycles. The molecule has 1 aliphatic carbocycles. The molecule has 2 aromatic rings. The van der Waals surface area contributed by atoms with Crippen LogP contribution < -0.4 is 11.5 Å². The average Bonchev–Trinajstić information content (AvgIpc) is 2.97. The molecule has 0 amide bonds. The van der Waals surface area contributed by atoms with Crippen LogP contribution in [0.25, 0.3) is 0 Å². The van der Waals surface area contributed by atoms with Crippen molar-refractivity contribution in [3.05, 3.63) is 57.5 Å². The van der Waals surface area contributed by atoms with Gasteiger partial charge in [-0.2, -0.15) is 18.3 Å². The van der Waals surface area contributed by atoms with Crippen molar-refractivity contribution >= 4 is 27.6 Å². The van der Waals surface area contributed by atoms with Gasteiger partial charge in [0.25, 0.3) is 0 Å². The van der Waals surface area contributed by atoms with Gasteiger partial charge in [-0.1, -0.05) is 34.1 Å². The van der Waals surface area contributed by atoms with E-state index in [0.29, 0.717) is 6.42 Å². The summed E-state index contributed by atoms with van der Waals surface area (Å²) >= 11 is 3.47. The molecule has 0 saturated heterocycles. The van der Waals surface area contributed by atoms with Crippen LogP contribution in [0.2, 0.25) is 0 Å². The summed E-state index contributed by atoms with van der Waals surface area (Å²) in [7, 11) is 0. The van der Waals surface area contributed by atoms with Crippen LogP contribution in [-0.2, 0) is 12.6 Å². The molecule has 25 heavy (non-hydrogen) atoms. The van der Waals surface area contributed by atoms with E-state index in [1.165, 1.54) is 0 Å². The Morgan fingerprint density at radius 1 is 1.20 bits per heavy atom. The van der Waals surface area contributed by atoms with Crippen LogP contribution in [0.5, 0.6) is 0 Å². The number of nitrogens with zero attached hydrogens (tertiary/aromatic N) is 2. The lowest BCUT2D eigenvalue weighted by Gasteiger charge is -2.24. The Morgan fingerprint density at radius 2 is 1.92 bits per heavy atom. The van der Waals surface area contributed by atoms with E-state index in [1.54, 1.807) is 0 Å². The maximum Gasteiger partial charge on any atom is 0.420 e. The van der Waals surface area contributed by atoms with E-state index < -0.39 is 11.7 Å². The molecule has 0 aliphatic heterocycles. The number of fused-ring (bicyclic) bond motifs is 1. The van der Waals surface area contributed by atoms with E-state index in [2.05, 4.69) is 26.1 Å². The van der Waals surface area contributed by atoms with Crippen molar-refractivity contribution in [2.45, 2.75) is 24.9 Å². The molecule has 4 N–H and O–H groups in total. The van der Waals surface area contributed by atoms with Gasteiger partial charge in [0.2, 0.25) is 5.96 Å². The maximum atomic E-state index is 13.3. The second-order valence-corrected chi connectivity index (χ2v) is 6.50. The first-order chi connectivity index (χ1) is 11.8. The molecule has 1 aliphatic rings. The third kappa shape index (κ3) is 3.55. The molecule has 3 rings (SSSR count).